The van der Waals surface area contributed by atoms with Gasteiger partial charge in [0.15, 0.2) is 0 Å². The van der Waals surface area contributed by atoms with Crippen LogP contribution in [0.4, 0.5) is 0 Å². The first-order chi connectivity index (χ1) is 12.7. The molecule has 0 aromatic rings. The van der Waals surface area contributed by atoms with Crippen LogP contribution in [0, 0.1) is 13.8 Å². The van der Waals surface area contributed by atoms with Crippen molar-refractivity contribution in [2.24, 2.45) is 0 Å². The summed E-state index contributed by atoms with van der Waals surface area (Å²) in [5.41, 5.74) is 0. The second kappa shape index (κ2) is 50.5. The zero-order chi connectivity index (χ0) is 20.7. The van der Waals surface area contributed by atoms with E-state index in [9.17, 15) is 0 Å². The monoisotopic (exact) mass is 464 g/mol. The van der Waals surface area contributed by atoms with Crippen LogP contribution in [0.15, 0.2) is 0 Å². The molecule has 0 heterocycles. The van der Waals surface area contributed by atoms with Crippen molar-refractivity contribution in [3.63, 3.8) is 0 Å². The summed E-state index contributed by atoms with van der Waals surface area (Å²) in [6.45, 7) is 16.0. The summed E-state index contributed by atoms with van der Waals surface area (Å²) >= 11 is 0. The van der Waals surface area contributed by atoms with Crippen LogP contribution in [0.3, 0.4) is 0 Å². The molecule has 0 aliphatic heterocycles. The Morgan fingerprint density at radius 3 is 0.815 bits per heavy atom. The van der Waals surface area contributed by atoms with Gasteiger partial charge < -0.3 is 24.1 Å². The number of aliphatic hydroxyl groups excluding tert-OH is 2. The average Bonchev–Trinajstić information content (AvgIpc) is 2.63. The first kappa shape index (κ1) is 38.4. The third-order valence-corrected chi connectivity index (χ3v) is 3.71. The normalized spacial score (nSPS) is 8.89. The van der Waals surface area contributed by atoms with Crippen LogP contribution in [-0.2, 0) is 26.2 Å². The molecule has 0 aliphatic rings. The predicted molar refractivity (Wildman–Crippen MR) is 121 cm³/mol. The fraction of sp³-hybridized carbons (Fsp3) is 0.917. The largest absolute Gasteiger partial charge is 2.00 e. The molecule has 0 rings (SSSR count). The fourth-order valence-corrected chi connectivity index (χ4v) is 2.27. The Hall–Kier alpha value is 0.803. The van der Waals surface area contributed by atoms with E-state index in [0.717, 1.165) is 12.8 Å². The molecule has 0 spiro atoms. The van der Waals surface area contributed by atoms with Gasteiger partial charge in [-0.2, -0.15) is 12.8 Å². The molecule has 0 amide bonds. The Morgan fingerprint density at radius 2 is 0.630 bits per heavy atom. The average molecular weight is 466 g/mol. The Labute approximate surface area is 193 Å². The van der Waals surface area contributed by atoms with Gasteiger partial charge in [0, 0.05) is 13.2 Å². The van der Waals surface area contributed by atoms with E-state index in [-0.39, 0.29) is 39.4 Å². The zero-order valence-corrected chi connectivity index (χ0v) is 22.0. The second-order valence-electron chi connectivity index (χ2n) is 6.58. The van der Waals surface area contributed by atoms with E-state index in [0.29, 0.717) is 0 Å². The quantitative estimate of drug-likeness (QED) is 0.202. The second-order valence-corrected chi connectivity index (χ2v) is 6.58. The van der Waals surface area contributed by atoms with E-state index >= 15 is 0 Å². The smallest absolute Gasteiger partial charge is 0.397 e. The number of hydrogen-bond acceptors (Lipinski definition) is 2. The molecular weight excluding hydrogens is 411 g/mol. The maximum atomic E-state index is 7.57. The molecule has 0 unspecified atom stereocenters. The number of unbranched alkanes of at least 4 members (excludes halogenated alkanes) is 14. The third kappa shape index (κ3) is 75.2. The van der Waals surface area contributed by atoms with Gasteiger partial charge in [-0.25, -0.2) is 0 Å². The van der Waals surface area contributed by atoms with Crippen LogP contribution < -0.4 is 0 Å². The molecule has 0 saturated heterocycles. The van der Waals surface area contributed by atoms with Crippen molar-refractivity contribution < 1.29 is 36.4 Å². The van der Waals surface area contributed by atoms with E-state index < -0.39 is 0 Å². The van der Waals surface area contributed by atoms with Gasteiger partial charge >= 0.3 is 26.2 Å². The van der Waals surface area contributed by atoms with E-state index in [1.165, 1.54) is 89.9 Å². The van der Waals surface area contributed by atoms with Gasteiger partial charge in [0.2, 0.25) is 0 Å². The van der Waals surface area contributed by atoms with Crippen molar-refractivity contribution in [3.8, 4) is 0 Å². The topological polar surface area (TPSA) is 40.5 Å². The van der Waals surface area contributed by atoms with E-state index in [4.69, 9.17) is 10.2 Å². The van der Waals surface area contributed by atoms with Crippen LogP contribution in [0.1, 0.15) is 130 Å². The molecule has 0 aromatic carbocycles. The van der Waals surface area contributed by atoms with Crippen molar-refractivity contribution in [1.82, 2.24) is 0 Å². The van der Waals surface area contributed by atoms with Gasteiger partial charge in [0.1, 0.15) is 0 Å². The van der Waals surface area contributed by atoms with Gasteiger partial charge in [-0.15, -0.1) is 0 Å². The summed E-state index contributed by atoms with van der Waals surface area (Å²) in [5, 5.41) is 15.1. The SMILES string of the molecule is CCO.CCO.[CH2-]CCCCCCCCC.[CH2-]CCCCCCCCC.[Zr+2]. The zero-order valence-electron chi connectivity index (χ0n) is 19.5. The van der Waals surface area contributed by atoms with Crippen molar-refractivity contribution >= 4 is 0 Å². The molecule has 0 aliphatic carbocycles. The summed E-state index contributed by atoms with van der Waals surface area (Å²) in [4.78, 5) is 0. The number of hydrogen-bond donors (Lipinski definition) is 2. The Morgan fingerprint density at radius 1 is 0.444 bits per heavy atom. The molecule has 0 bridgehead atoms. The summed E-state index contributed by atoms with van der Waals surface area (Å²) in [6.07, 6.45) is 21.8. The molecule has 2 N–H and O–H groups in total. The van der Waals surface area contributed by atoms with E-state index in [1.807, 2.05) is 0 Å². The minimum atomic E-state index is 0. The molecule has 0 fully saturated rings. The molecule has 2 nitrogen and oxygen atoms in total. The summed E-state index contributed by atoms with van der Waals surface area (Å²) in [5.74, 6) is 0. The number of rotatable bonds is 14. The predicted octanol–water partition coefficient (Wildman–Crippen LogP) is 7.92. The van der Waals surface area contributed by atoms with Crippen LogP contribution in [0.5, 0.6) is 0 Å². The van der Waals surface area contributed by atoms with Gasteiger partial charge in [0.25, 0.3) is 0 Å². The van der Waals surface area contributed by atoms with E-state index in [2.05, 4.69) is 27.7 Å². The first-order valence-electron chi connectivity index (χ1n) is 11.5. The summed E-state index contributed by atoms with van der Waals surface area (Å²) in [7, 11) is 0. The van der Waals surface area contributed by atoms with Gasteiger partial charge in [0.05, 0.1) is 0 Å². The van der Waals surface area contributed by atoms with Crippen molar-refractivity contribution in [3.05, 3.63) is 13.8 Å². The fourth-order valence-electron chi connectivity index (χ4n) is 2.27. The molecule has 166 valence electrons. The number of aliphatic hydroxyl groups is 2. The van der Waals surface area contributed by atoms with Gasteiger partial charge in [-0.1, -0.05) is 104 Å². The van der Waals surface area contributed by atoms with Crippen molar-refractivity contribution in [2.75, 3.05) is 13.2 Å². The molecule has 0 radical (unpaired) electrons. The van der Waals surface area contributed by atoms with Crippen LogP contribution in [-0.4, -0.2) is 23.4 Å². The Bertz CT molecular complexity index is 132. The Kier molecular flexibility index (Phi) is 71.8. The molecule has 3 heteroatoms. The van der Waals surface area contributed by atoms with Gasteiger partial charge in [-0.3, -0.25) is 0 Å². The van der Waals surface area contributed by atoms with Crippen molar-refractivity contribution in [1.29, 1.82) is 0 Å². The van der Waals surface area contributed by atoms with Crippen LogP contribution >= 0.6 is 0 Å². The Balaban J connectivity index is -0.0000000899. The van der Waals surface area contributed by atoms with Crippen LogP contribution in [0.25, 0.3) is 0 Å². The molecular formula is C24H54O2Zr. The molecule has 0 atom stereocenters. The molecule has 27 heavy (non-hydrogen) atoms. The van der Waals surface area contributed by atoms with Crippen LogP contribution in [0.2, 0.25) is 0 Å². The minimum absolute atomic E-state index is 0. The molecule has 0 aromatic heterocycles. The van der Waals surface area contributed by atoms with Crippen molar-refractivity contribution in [2.45, 2.75) is 130 Å². The van der Waals surface area contributed by atoms with Gasteiger partial charge in [-0.05, 0) is 13.8 Å². The minimum Gasteiger partial charge on any atom is -0.397 e. The maximum absolute atomic E-state index is 7.57. The molecule has 0 saturated carbocycles. The first-order valence-corrected chi connectivity index (χ1v) is 11.5. The van der Waals surface area contributed by atoms with E-state index in [1.54, 1.807) is 13.8 Å². The summed E-state index contributed by atoms with van der Waals surface area (Å²) in [6, 6.07) is 0. The third-order valence-electron chi connectivity index (χ3n) is 3.71. The maximum Gasteiger partial charge on any atom is 2.00 e. The summed E-state index contributed by atoms with van der Waals surface area (Å²) < 4.78 is 0. The standard InChI is InChI=1S/2C10H21.2C2H6O.Zr/c2*1-3-5-7-9-10-8-6-4-2;2*1-2-3;/h2*1,3-10H2,2H3;2*3H,2H2,1H3;/q2*-1;;;+2.